The quantitative estimate of drug-likeness (QED) is 0.324. The number of carbonyl (C=O) groups excluding carboxylic acids is 1. The fourth-order valence-corrected chi connectivity index (χ4v) is 6.44. The lowest BCUT2D eigenvalue weighted by atomic mass is 9.86. The Morgan fingerprint density at radius 1 is 1.02 bits per heavy atom. The fraction of sp³-hybridized carbons (Fsp3) is 0.457. The Hall–Kier alpha value is -4.00. The molecule has 2 N–H and O–H groups in total. The average Bonchev–Trinajstić information content (AvgIpc) is 3.66. The van der Waals surface area contributed by atoms with Gasteiger partial charge in [0.25, 0.3) is 5.91 Å². The monoisotopic (exact) mass is 656 g/mol. The molecule has 0 radical (unpaired) electrons. The number of amides is 1. The predicted octanol–water partition coefficient (Wildman–Crippen LogP) is 4.71. The van der Waals surface area contributed by atoms with Crippen LogP contribution in [-0.4, -0.2) is 90.2 Å². The third-order valence-electron chi connectivity index (χ3n) is 9.09. The van der Waals surface area contributed by atoms with Crippen LogP contribution in [0.4, 0.5) is 13.2 Å². The second-order valence-corrected chi connectivity index (χ2v) is 12.5. The van der Waals surface area contributed by atoms with Crippen LogP contribution in [0.25, 0.3) is 0 Å². The molecule has 3 heterocycles. The van der Waals surface area contributed by atoms with Gasteiger partial charge in [0.2, 0.25) is 0 Å². The maximum Gasteiger partial charge on any atom is 0.416 e. The molecule has 0 aliphatic carbocycles. The molecule has 0 aromatic heterocycles. The van der Waals surface area contributed by atoms with Crippen molar-refractivity contribution in [1.82, 2.24) is 9.80 Å². The standard InChI is InChI=1S/C35H39F3N2O7/c1-44-28-5-2-23(3-6-28)21-45-29-7-8-30(33(43)40-13-10-26(41)20-40)32(17-29)46-22-27(42)19-39-14-11-34(12-15-39)18-24-16-25(35(36,37)38)4-9-31(24)47-34/h2-9,16-17,26-27,41-42H,10-15,18-22H2,1H3/t26-,27-/m0/s1. The Morgan fingerprint density at radius 2 is 1.77 bits per heavy atom. The molecular weight excluding hydrogens is 617 g/mol. The summed E-state index contributed by atoms with van der Waals surface area (Å²) in [5.74, 6) is 1.74. The van der Waals surface area contributed by atoms with Crippen LogP contribution in [0, 0.1) is 0 Å². The zero-order valence-corrected chi connectivity index (χ0v) is 26.2. The first-order chi connectivity index (χ1) is 22.5. The van der Waals surface area contributed by atoms with Gasteiger partial charge in [0.05, 0.1) is 24.3 Å². The van der Waals surface area contributed by atoms with E-state index in [1.807, 2.05) is 24.3 Å². The Morgan fingerprint density at radius 3 is 2.45 bits per heavy atom. The molecule has 2 saturated heterocycles. The average molecular weight is 657 g/mol. The number of piperidine rings is 1. The zero-order chi connectivity index (χ0) is 33.2. The summed E-state index contributed by atoms with van der Waals surface area (Å²) in [7, 11) is 1.60. The van der Waals surface area contributed by atoms with Gasteiger partial charge >= 0.3 is 6.18 Å². The van der Waals surface area contributed by atoms with Gasteiger partial charge in [0, 0.05) is 58.1 Å². The van der Waals surface area contributed by atoms with Crippen molar-refractivity contribution in [3.63, 3.8) is 0 Å². The minimum Gasteiger partial charge on any atom is -0.497 e. The smallest absolute Gasteiger partial charge is 0.416 e. The SMILES string of the molecule is COc1ccc(COc2ccc(C(=O)N3CC[C@H](O)C3)c(OC[C@@H](O)CN3CCC4(CC3)Cc3cc(C(F)(F)F)ccc3O4)c2)cc1. The van der Waals surface area contributed by atoms with Crippen LogP contribution in [0.5, 0.6) is 23.0 Å². The van der Waals surface area contributed by atoms with Crippen LogP contribution in [0.15, 0.2) is 60.7 Å². The van der Waals surface area contributed by atoms with Gasteiger partial charge in [-0.2, -0.15) is 13.2 Å². The van der Waals surface area contributed by atoms with Gasteiger partial charge in [-0.25, -0.2) is 0 Å². The largest absolute Gasteiger partial charge is 0.497 e. The number of nitrogens with zero attached hydrogens (tertiary/aromatic N) is 2. The third-order valence-corrected chi connectivity index (χ3v) is 9.09. The lowest BCUT2D eigenvalue weighted by molar-refractivity contribution is -0.137. The maximum atomic E-state index is 13.3. The summed E-state index contributed by atoms with van der Waals surface area (Å²) in [4.78, 5) is 17.0. The number of hydrogen-bond acceptors (Lipinski definition) is 8. The molecule has 0 saturated carbocycles. The first-order valence-electron chi connectivity index (χ1n) is 15.8. The number of rotatable bonds is 10. The number of likely N-dealkylation sites (tertiary alicyclic amines) is 2. The van der Waals surface area contributed by atoms with E-state index in [0.29, 0.717) is 74.5 Å². The summed E-state index contributed by atoms with van der Waals surface area (Å²) >= 11 is 0. The third kappa shape index (κ3) is 7.77. The molecule has 3 aliphatic rings. The van der Waals surface area contributed by atoms with Crippen molar-refractivity contribution in [1.29, 1.82) is 0 Å². The number of hydrogen-bond donors (Lipinski definition) is 2. The number of halogens is 3. The Bertz CT molecular complexity index is 1560. The van der Waals surface area contributed by atoms with E-state index in [9.17, 15) is 28.2 Å². The van der Waals surface area contributed by atoms with Crippen LogP contribution in [0.3, 0.4) is 0 Å². The highest BCUT2D eigenvalue weighted by atomic mass is 19.4. The maximum absolute atomic E-state index is 13.3. The molecule has 2 fully saturated rings. The molecule has 0 unspecified atom stereocenters. The van der Waals surface area contributed by atoms with Crippen molar-refractivity contribution in [2.24, 2.45) is 0 Å². The molecule has 6 rings (SSSR count). The highest BCUT2D eigenvalue weighted by molar-refractivity contribution is 5.97. The molecule has 3 aliphatic heterocycles. The second kappa shape index (κ2) is 13.6. The Labute approximate surface area is 271 Å². The van der Waals surface area contributed by atoms with Crippen LogP contribution >= 0.6 is 0 Å². The fourth-order valence-electron chi connectivity index (χ4n) is 6.44. The van der Waals surface area contributed by atoms with Crippen molar-refractivity contribution in [2.75, 3.05) is 46.4 Å². The summed E-state index contributed by atoms with van der Waals surface area (Å²) in [5, 5.41) is 20.9. The van der Waals surface area contributed by atoms with Crippen LogP contribution < -0.4 is 18.9 Å². The van der Waals surface area contributed by atoms with Crippen molar-refractivity contribution in [3.05, 3.63) is 82.9 Å². The Kier molecular flexibility index (Phi) is 9.54. The predicted molar refractivity (Wildman–Crippen MR) is 166 cm³/mol. The number of fused-ring (bicyclic) bond motifs is 1. The molecule has 1 amide bonds. The first-order valence-corrected chi connectivity index (χ1v) is 15.8. The number of β-amino-alcohol motifs (C(OH)–C–C–N with tert-alkyl or cyclic N) is 2. The van der Waals surface area contributed by atoms with Gasteiger partial charge < -0.3 is 39.0 Å². The summed E-state index contributed by atoms with van der Waals surface area (Å²) in [5.41, 5.74) is 0.598. The van der Waals surface area contributed by atoms with E-state index in [4.69, 9.17) is 18.9 Å². The molecule has 0 bridgehead atoms. The van der Waals surface area contributed by atoms with Gasteiger partial charge in [-0.3, -0.25) is 4.79 Å². The molecule has 47 heavy (non-hydrogen) atoms. The second-order valence-electron chi connectivity index (χ2n) is 12.5. The number of ether oxygens (including phenoxy) is 4. The minimum atomic E-state index is -4.40. The minimum absolute atomic E-state index is 0.0748. The number of aliphatic hydroxyl groups is 2. The van der Waals surface area contributed by atoms with Crippen molar-refractivity contribution in [3.8, 4) is 23.0 Å². The molecule has 12 heteroatoms. The molecule has 3 aromatic carbocycles. The normalized spacial score (nSPS) is 19.7. The first kappa shape index (κ1) is 32.9. The number of alkyl halides is 3. The zero-order valence-electron chi connectivity index (χ0n) is 26.2. The van der Waals surface area contributed by atoms with Gasteiger partial charge in [0.15, 0.2) is 0 Å². The van der Waals surface area contributed by atoms with Crippen LogP contribution in [0.2, 0.25) is 0 Å². The lowest BCUT2D eigenvalue weighted by Crippen LogP contribution is -2.49. The highest BCUT2D eigenvalue weighted by Gasteiger charge is 2.43. The van der Waals surface area contributed by atoms with E-state index < -0.39 is 29.5 Å². The van der Waals surface area contributed by atoms with Crippen molar-refractivity contribution < 1.29 is 47.1 Å². The van der Waals surface area contributed by atoms with E-state index in [-0.39, 0.29) is 31.4 Å². The van der Waals surface area contributed by atoms with Gasteiger partial charge in [-0.1, -0.05) is 12.1 Å². The van der Waals surface area contributed by atoms with Crippen molar-refractivity contribution in [2.45, 2.75) is 56.3 Å². The van der Waals surface area contributed by atoms with E-state index >= 15 is 0 Å². The number of carbonyl (C=O) groups is 1. The highest BCUT2D eigenvalue weighted by Crippen LogP contribution is 2.43. The van der Waals surface area contributed by atoms with E-state index in [1.165, 1.54) is 12.1 Å². The van der Waals surface area contributed by atoms with Crippen LogP contribution in [0.1, 0.15) is 46.3 Å². The number of methoxy groups -OCH3 is 1. The van der Waals surface area contributed by atoms with Crippen LogP contribution in [-0.2, 0) is 19.2 Å². The molecule has 252 valence electrons. The van der Waals surface area contributed by atoms with E-state index in [0.717, 1.165) is 17.4 Å². The van der Waals surface area contributed by atoms with E-state index in [2.05, 4.69) is 4.90 Å². The van der Waals surface area contributed by atoms with Gasteiger partial charge in [-0.15, -0.1) is 0 Å². The Balaban J connectivity index is 1.06. The molecular formula is C35H39F3N2O7. The summed E-state index contributed by atoms with van der Waals surface area (Å²) < 4.78 is 63.0. The number of aliphatic hydroxyl groups excluding tert-OH is 2. The van der Waals surface area contributed by atoms with Crippen molar-refractivity contribution >= 4 is 5.91 Å². The summed E-state index contributed by atoms with van der Waals surface area (Å²) in [6.07, 6.45) is -3.68. The molecule has 9 nitrogen and oxygen atoms in total. The topological polar surface area (TPSA) is 101 Å². The number of benzene rings is 3. The summed E-state index contributed by atoms with van der Waals surface area (Å²) in [6, 6.07) is 16.1. The lowest BCUT2D eigenvalue weighted by Gasteiger charge is -2.39. The summed E-state index contributed by atoms with van der Waals surface area (Å²) in [6.45, 7) is 2.41. The molecule has 2 atom stereocenters. The van der Waals surface area contributed by atoms with Gasteiger partial charge in [0.1, 0.15) is 47.9 Å². The van der Waals surface area contributed by atoms with Gasteiger partial charge in [-0.05, 0) is 60.0 Å². The van der Waals surface area contributed by atoms with E-state index in [1.54, 1.807) is 30.2 Å². The molecule has 3 aromatic rings. The molecule has 1 spiro atoms.